The number of ketones is 1. The zero-order chi connectivity index (χ0) is 20.1. The normalized spacial score (nSPS) is 16.0. The molecule has 0 saturated carbocycles. The molecular weight excluding hydrogens is 378 g/mol. The predicted octanol–water partition coefficient (Wildman–Crippen LogP) is 3.30. The molecule has 1 N–H and O–H groups in total. The van der Waals surface area contributed by atoms with Gasteiger partial charge in [0.05, 0.1) is 11.3 Å². The molecule has 0 aliphatic carbocycles. The highest BCUT2D eigenvalue weighted by molar-refractivity contribution is 7.89. The van der Waals surface area contributed by atoms with Gasteiger partial charge in [0, 0.05) is 25.1 Å². The number of benzene rings is 2. The van der Waals surface area contributed by atoms with Gasteiger partial charge < -0.3 is 5.11 Å². The highest BCUT2D eigenvalue weighted by Crippen LogP contribution is 2.30. The lowest BCUT2D eigenvalue weighted by Crippen LogP contribution is -2.37. The number of carboxylic acids is 1. The van der Waals surface area contributed by atoms with Crippen molar-refractivity contribution in [2.24, 2.45) is 0 Å². The maximum Gasteiger partial charge on any atom is 0.303 e. The minimum atomic E-state index is -3.61. The fourth-order valence-corrected chi connectivity index (χ4v) is 4.95. The minimum absolute atomic E-state index is 0.103. The van der Waals surface area contributed by atoms with E-state index in [9.17, 15) is 18.0 Å². The van der Waals surface area contributed by atoms with Gasteiger partial charge in [0.25, 0.3) is 0 Å². The van der Waals surface area contributed by atoms with Crippen LogP contribution in [0.15, 0.2) is 59.5 Å². The zero-order valence-corrected chi connectivity index (χ0v) is 16.3. The van der Waals surface area contributed by atoms with E-state index >= 15 is 0 Å². The van der Waals surface area contributed by atoms with Gasteiger partial charge in [0.2, 0.25) is 10.0 Å². The average Bonchev–Trinajstić information content (AvgIpc) is 2.73. The Kier molecular flexibility index (Phi) is 6.26. The molecule has 1 aliphatic rings. The van der Waals surface area contributed by atoms with Gasteiger partial charge >= 0.3 is 5.97 Å². The van der Waals surface area contributed by atoms with Crippen LogP contribution in [-0.4, -0.2) is 42.7 Å². The van der Waals surface area contributed by atoms with Gasteiger partial charge in [-0.2, -0.15) is 4.31 Å². The Hall–Kier alpha value is -2.51. The molecule has 1 heterocycles. The third-order valence-corrected chi connectivity index (χ3v) is 7.02. The van der Waals surface area contributed by atoms with Crippen molar-refractivity contribution >= 4 is 21.8 Å². The Balaban J connectivity index is 1.65. The second-order valence-corrected chi connectivity index (χ2v) is 8.87. The Morgan fingerprint density at radius 2 is 1.54 bits per heavy atom. The van der Waals surface area contributed by atoms with Crippen LogP contribution in [0.4, 0.5) is 0 Å². The summed E-state index contributed by atoms with van der Waals surface area (Å²) in [6.07, 6.45) is 1.20. The summed E-state index contributed by atoms with van der Waals surface area (Å²) >= 11 is 0. The predicted molar refractivity (Wildman–Crippen MR) is 105 cm³/mol. The maximum absolute atomic E-state index is 12.9. The van der Waals surface area contributed by atoms with Crippen LogP contribution in [0.25, 0.3) is 0 Å². The number of Topliss-reactive ketones (excluding diaryl/α,β-unsaturated/α-hetero) is 1. The zero-order valence-electron chi connectivity index (χ0n) is 15.5. The van der Waals surface area contributed by atoms with Gasteiger partial charge in [-0.1, -0.05) is 42.5 Å². The molecule has 6 nitrogen and oxygen atoms in total. The maximum atomic E-state index is 12.9. The Labute approximate surface area is 164 Å². The van der Waals surface area contributed by atoms with Gasteiger partial charge in [-0.05, 0) is 36.5 Å². The van der Waals surface area contributed by atoms with Crippen molar-refractivity contribution in [1.29, 1.82) is 0 Å². The quantitative estimate of drug-likeness (QED) is 0.719. The van der Waals surface area contributed by atoms with Crippen LogP contribution in [0.2, 0.25) is 0 Å². The molecule has 3 rings (SSSR count). The third kappa shape index (κ3) is 4.66. The van der Waals surface area contributed by atoms with Crippen LogP contribution in [-0.2, 0) is 14.8 Å². The number of piperidine rings is 1. The van der Waals surface area contributed by atoms with Crippen LogP contribution < -0.4 is 0 Å². The molecule has 0 bridgehead atoms. The summed E-state index contributed by atoms with van der Waals surface area (Å²) in [5.41, 5.74) is 1.56. The van der Waals surface area contributed by atoms with E-state index in [0.717, 1.165) is 12.8 Å². The van der Waals surface area contributed by atoms with Gasteiger partial charge in [0.1, 0.15) is 0 Å². The summed E-state index contributed by atoms with van der Waals surface area (Å²) in [6.45, 7) is 0.919. The Morgan fingerprint density at radius 3 is 2.11 bits per heavy atom. The molecule has 1 aliphatic heterocycles. The second kappa shape index (κ2) is 8.67. The molecular formula is C21H23NO5S. The number of carboxylic acid groups (broad SMARTS) is 1. The summed E-state index contributed by atoms with van der Waals surface area (Å²) in [6, 6.07) is 15.9. The number of hydrogen-bond donors (Lipinski definition) is 1. The van der Waals surface area contributed by atoms with Gasteiger partial charge in [0.15, 0.2) is 5.78 Å². The number of sulfonamides is 1. The summed E-state index contributed by atoms with van der Waals surface area (Å²) < 4.78 is 27.3. The number of carbonyl (C=O) groups is 2. The van der Waals surface area contributed by atoms with E-state index in [1.54, 1.807) is 0 Å². The Bertz CT molecular complexity index is 931. The highest BCUT2D eigenvalue weighted by Gasteiger charge is 2.30. The number of carbonyl (C=O) groups excluding carboxylic acids is 1. The summed E-state index contributed by atoms with van der Waals surface area (Å²) in [7, 11) is -3.61. The first kappa shape index (κ1) is 20.2. The van der Waals surface area contributed by atoms with E-state index < -0.39 is 16.0 Å². The molecule has 1 fully saturated rings. The second-order valence-electron chi connectivity index (χ2n) is 6.93. The van der Waals surface area contributed by atoms with Gasteiger partial charge in [-0.25, -0.2) is 8.42 Å². The molecule has 7 heteroatoms. The molecule has 0 spiro atoms. The van der Waals surface area contributed by atoms with Gasteiger partial charge in [-0.3, -0.25) is 9.59 Å². The molecule has 1 saturated heterocycles. The van der Waals surface area contributed by atoms with E-state index in [0.29, 0.717) is 24.6 Å². The number of rotatable bonds is 7. The fourth-order valence-electron chi connectivity index (χ4n) is 3.48. The molecule has 148 valence electrons. The van der Waals surface area contributed by atoms with E-state index in [1.807, 2.05) is 18.2 Å². The summed E-state index contributed by atoms with van der Waals surface area (Å²) in [5.74, 6) is -0.983. The lowest BCUT2D eigenvalue weighted by atomic mass is 9.90. The summed E-state index contributed by atoms with van der Waals surface area (Å²) in [5, 5.41) is 8.66. The largest absolute Gasteiger partial charge is 0.481 e. The van der Waals surface area contributed by atoms with Crippen molar-refractivity contribution in [2.75, 3.05) is 13.1 Å². The number of aliphatic carboxylic acids is 1. The molecule has 2 aromatic carbocycles. The van der Waals surface area contributed by atoms with Crippen molar-refractivity contribution in [3.05, 3.63) is 65.7 Å². The smallest absolute Gasteiger partial charge is 0.303 e. The summed E-state index contributed by atoms with van der Waals surface area (Å²) in [4.78, 5) is 22.7. The van der Waals surface area contributed by atoms with E-state index in [-0.39, 0.29) is 23.5 Å². The van der Waals surface area contributed by atoms with E-state index in [1.165, 1.54) is 34.1 Å². The van der Waals surface area contributed by atoms with E-state index in [4.69, 9.17) is 5.11 Å². The monoisotopic (exact) mass is 401 g/mol. The first-order valence-corrected chi connectivity index (χ1v) is 10.7. The highest BCUT2D eigenvalue weighted by atomic mass is 32.2. The molecule has 28 heavy (non-hydrogen) atoms. The van der Waals surface area contributed by atoms with Crippen LogP contribution in [0.5, 0.6) is 0 Å². The molecule has 0 amide bonds. The first-order valence-electron chi connectivity index (χ1n) is 9.28. The van der Waals surface area contributed by atoms with Gasteiger partial charge in [-0.15, -0.1) is 0 Å². The molecule has 0 radical (unpaired) electrons. The molecule has 2 aromatic rings. The Morgan fingerprint density at radius 1 is 0.929 bits per heavy atom. The van der Waals surface area contributed by atoms with Crippen LogP contribution in [0.3, 0.4) is 0 Å². The van der Waals surface area contributed by atoms with Crippen LogP contribution in [0.1, 0.15) is 47.5 Å². The topological polar surface area (TPSA) is 91.7 Å². The molecule has 0 aromatic heterocycles. The lowest BCUT2D eigenvalue weighted by molar-refractivity contribution is -0.136. The van der Waals surface area contributed by atoms with Crippen LogP contribution in [0, 0.1) is 0 Å². The first-order chi connectivity index (χ1) is 13.4. The van der Waals surface area contributed by atoms with Crippen molar-refractivity contribution in [3.63, 3.8) is 0 Å². The van der Waals surface area contributed by atoms with Crippen LogP contribution >= 0.6 is 0 Å². The third-order valence-electron chi connectivity index (χ3n) is 5.10. The van der Waals surface area contributed by atoms with Crippen molar-refractivity contribution in [3.8, 4) is 0 Å². The minimum Gasteiger partial charge on any atom is -0.481 e. The van der Waals surface area contributed by atoms with Crippen molar-refractivity contribution < 1.29 is 23.1 Å². The SMILES string of the molecule is O=C(O)CCC(=O)c1ccc(S(=O)(=O)N2CCC(c3ccccc3)CC2)cc1. The standard InChI is InChI=1S/C21H23NO5S/c23-20(10-11-21(24)25)18-6-8-19(9-7-18)28(26,27)22-14-12-17(13-15-22)16-4-2-1-3-5-16/h1-9,17H,10-15H2,(H,24,25). The van der Waals surface area contributed by atoms with Crippen molar-refractivity contribution in [1.82, 2.24) is 4.31 Å². The average molecular weight is 401 g/mol. The van der Waals surface area contributed by atoms with Crippen molar-refractivity contribution in [2.45, 2.75) is 36.5 Å². The number of hydrogen-bond acceptors (Lipinski definition) is 4. The van der Waals surface area contributed by atoms with E-state index in [2.05, 4.69) is 12.1 Å². The fraction of sp³-hybridized carbons (Fsp3) is 0.333. The lowest BCUT2D eigenvalue weighted by Gasteiger charge is -2.31. The number of nitrogens with zero attached hydrogens (tertiary/aromatic N) is 1. The molecule has 0 atom stereocenters. The molecule has 0 unspecified atom stereocenters.